The molecule has 4 heteroatoms. The Morgan fingerprint density at radius 1 is 0.500 bits per heavy atom. The molecule has 0 atom stereocenters. The minimum Gasteiger partial charge on any atom is -0.300 e. The van der Waals surface area contributed by atoms with E-state index in [2.05, 4.69) is 62.2 Å². The third-order valence-corrected chi connectivity index (χ3v) is 10.2. The van der Waals surface area contributed by atoms with E-state index in [0.717, 1.165) is 0 Å². The van der Waals surface area contributed by atoms with Gasteiger partial charge in [-0.15, -0.1) is 0 Å². The summed E-state index contributed by atoms with van der Waals surface area (Å²) in [6.07, 6.45) is 0. The molecule has 0 aromatic rings. The predicted octanol–water partition coefficient (Wildman–Crippen LogP) is 2.97. The lowest BCUT2D eigenvalue weighted by Gasteiger charge is -2.53. The van der Waals surface area contributed by atoms with Crippen molar-refractivity contribution in [1.29, 1.82) is 0 Å². The molecule has 0 aromatic heterocycles. The molecule has 0 aliphatic carbocycles. The molecule has 0 fully saturated rings. The summed E-state index contributed by atoms with van der Waals surface area (Å²) in [5.74, 6) is 0. The highest BCUT2D eigenvalue weighted by Crippen LogP contribution is 2.24. The first-order valence-electron chi connectivity index (χ1n) is 7.87. The molecular weight excluding hydrogens is 238 g/mol. The fourth-order valence-corrected chi connectivity index (χ4v) is 9.04. The van der Waals surface area contributed by atoms with Crippen molar-refractivity contribution in [2.45, 2.75) is 54.5 Å². The van der Waals surface area contributed by atoms with Gasteiger partial charge in [-0.3, -0.25) is 13.7 Å². The highest BCUT2D eigenvalue weighted by Gasteiger charge is 2.46. The third-order valence-electron chi connectivity index (χ3n) is 4.28. The summed E-state index contributed by atoms with van der Waals surface area (Å²) >= 11 is 0. The topological polar surface area (TPSA) is 9.72 Å². The smallest absolute Gasteiger partial charge is 0.289 e. The van der Waals surface area contributed by atoms with E-state index in [1.54, 1.807) is 0 Å². The van der Waals surface area contributed by atoms with Crippen LogP contribution >= 0.6 is 0 Å². The minimum absolute atomic E-state index is 1.17. The van der Waals surface area contributed by atoms with Crippen molar-refractivity contribution in [2.75, 3.05) is 39.3 Å². The highest BCUT2D eigenvalue weighted by molar-refractivity contribution is 6.71. The second-order valence-corrected chi connectivity index (χ2v) is 8.80. The van der Waals surface area contributed by atoms with Gasteiger partial charge in [-0.2, -0.15) is 0 Å². The summed E-state index contributed by atoms with van der Waals surface area (Å²) in [7, 11) is -1.66. The Labute approximate surface area is 116 Å². The standard InChI is InChI=1S/C14H35N3Si/c1-8-15(9-2)18(14-7,16(10-3)11-4)17(12-5)13-6/h8-14H2,1-7H3. The van der Waals surface area contributed by atoms with Gasteiger partial charge in [-0.25, -0.2) is 0 Å². The van der Waals surface area contributed by atoms with E-state index < -0.39 is 8.56 Å². The number of nitrogens with zero attached hydrogens (tertiary/aromatic N) is 3. The Morgan fingerprint density at radius 2 is 0.722 bits per heavy atom. The normalized spacial score (nSPS) is 13.0. The largest absolute Gasteiger partial charge is 0.300 e. The molecule has 18 heavy (non-hydrogen) atoms. The summed E-state index contributed by atoms with van der Waals surface area (Å²) in [6, 6.07) is 1.29. The molecule has 0 rings (SSSR count). The Morgan fingerprint density at radius 3 is 0.833 bits per heavy atom. The molecule has 0 saturated carbocycles. The molecule has 0 aliphatic rings. The van der Waals surface area contributed by atoms with Gasteiger partial charge < -0.3 is 0 Å². The van der Waals surface area contributed by atoms with Crippen LogP contribution in [0.2, 0.25) is 6.04 Å². The zero-order valence-corrected chi connectivity index (χ0v) is 14.8. The molecule has 0 heterocycles. The van der Waals surface area contributed by atoms with Crippen LogP contribution in [0.5, 0.6) is 0 Å². The van der Waals surface area contributed by atoms with Crippen LogP contribution in [0.3, 0.4) is 0 Å². The number of hydrogen-bond donors (Lipinski definition) is 0. The van der Waals surface area contributed by atoms with E-state index in [4.69, 9.17) is 0 Å². The van der Waals surface area contributed by atoms with Gasteiger partial charge in [0.2, 0.25) is 0 Å². The van der Waals surface area contributed by atoms with Crippen LogP contribution in [-0.2, 0) is 0 Å². The van der Waals surface area contributed by atoms with Gasteiger partial charge in [-0.1, -0.05) is 48.5 Å². The van der Waals surface area contributed by atoms with Crippen LogP contribution in [0.15, 0.2) is 0 Å². The fraction of sp³-hybridized carbons (Fsp3) is 1.00. The Kier molecular flexibility index (Phi) is 9.12. The summed E-state index contributed by atoms with van der Waals surface area (Å²) in [4.78, 5) is 0. The average molecular weight is 274 g/mol. The molecule has 0 N–H and O–H groups in total. The van der Waals surface area contributed by atoms with E-state index in [9.17, 15) is 0 Å². The van der Waals surface area contributed by atoms with Crippen molar-refractivity contribution < 1.29 is 0 Å². The molecule has 0 radical (unpaired) electrons. The van der Waals surface area contributed by atoms with E-state index in [1.165, 1.54) is 45.3 Å². The van der Waals surface area contributed by atoms with Crippen molar-refractivity contribution in [3.8, 4) is 0 Å². The Balaban J connectivity index is 5.55. The van der Waals surface area contributed by atoms with Crippen molar-refractivity contribution in [2.24, 2.45) is 0 Å². The Bertz CT molecular complexity index is 168. The molecule has 0 saturated heterocycles. The zero-order chi connectivity index (χ0) is 14.2. The third kappa shape index (κ3) is 3.35. The fourth-order valence-electron chi connectivity index (χ4n) is 3.46. The second kappa shape index (κ2) is 9.07. The maximum atomic E-state index is 2.76. The van der Waals surface area contributed by atoms with Crippen molar-refractivity contribution in [3.63, 3.8) is 0 Å². The van der Waals surface area contributed by atoms with Gasteiger partial charge in [0.15, 0.2) is 0 Å². The zero-order valence-electron chi connectivity index (χ0n) is 13.8. The quantitative estimate of drug-likeness (QED) is 0.567. The van der Waals surface area contributed by atoms with Crippen LogP contribution in [0, 0.1) is 0 Å². The van der Waals surface area contributed by atoms with E-state index >= 15 is 0 Å². The monoisotopic (exact) mass is 273 g/mol. The predicted molar refractivity (Wildman–Crippen MR) is 85.0 cm³/mol. The lowest BCUT2D eigenvalue weighted by Crippen LogP contribution is -2.74. The lowest BCUT2D eigenvalue weighted by molar-refractivity contribution is 0.262. The van der Waals surface area contributed by atoms with Crippen LogP contribution in [0.4, 0.5) is 0 Å². The first-order valence-corrected chi connectivity index (χ1v) is 9.92. The van der Waals surface area contributed by atoms with Crippen molar-refractivity contribution in [1.82, 2.24) is 13.7 Å². The summed E-state index contributed by atoms with van der Waals surface area (Å²) in [5.41, 5.74) is 0. The van der Waals surface area contributed by atoms with Gasteiger partial charge in [0, 0.05) is 0 Å². The molecule has 0 bridgehead atoms. The maximum absolute atomic E-state index is 2.76. The van der Waals surface area contributed by atoms with Gasteiger partial charge >= 0.3 is 0 Å². The first-order chi connectivity index (χ1) is 8.62. The number of rotatable bonds is 10. The van der Waals surface area contributed by atoms with Gasteiger partial charge in [0.25, 0.3) is 8.56 Å². The highest BCUT2D eigenvalue weighted by atomic mass is 28.4. The SMILES string of the molecule is CCN(CC)[Si](CC)(N(CC)CC)N(CC)CC. The molecule has 0 unspecified atom stereocenters. The van der Waals surface area contributed by atoms with Gasteiger partial charge in [0.1, 0.15) is 0 Å². The Hall–Kier alpha value is 0.0969. The van der Waals surface area contributed by atoms with Gasteiger partial charge in [0.05, 0.1) is 0 Å². The molecular formula is C14H35N3Si. The van der Waals surface area contributed by atoms with Crippen LogP contribution in [0.1, 0.15) is 48.5 Å². The molecule has 0 aliphatic heterocycles. The maximum Gasteiger partial charge on any atom is 0.289 e. The summed E-state index contributed by atoms with van der Waals surface area (Å²) in [6.45, 7) is 23.3. The second-order valence-electron chi connectivity index (χ2n) is 4.64. The molecule has 0 amide bonds. The van der Waals surface area contributed by atoms with Crippen LogP contribution in [0.25, 0.3) is 0 Å². The summed E-state index contributed by atoms with van der Waals surface area (Å²) < 4.78 is 8.27. The van der Waals surface area contributed by atoms with E-state index in [-0.39, 0.29) is 0 Å². The first kappa shape index (κ1) is 18.1. The average Bonchev–Trinajstić information content (AvgIpc) is 2.41. The molecule has 0 aromatic carbocycles. The lowest BCUT2D eigenvalue weighted by atomic mass is 10.6. The number of hydrogen-bond acceptors (Lipinski definition) is 3. The minimum atomic E-state index is -1.66. The van der Waals surface area contributed by atoms with Crippen LogP contribution in [-0.4, -0.2) is 61.5 Å². The van der Waals surface area contributed by atoms with Crippen molar-refractivity contribution >= 4 is 8.56 Å². The molecule has 0 spiro atoms. The van der Waals surface area contributed by atoms with Crippen LogP contribution < -0.4 is 0 Å². The van der Waals surface area contributed by atoms with E-state index in [1.807, 2.05) is 0 Å². The molecule has 3 nitrogen and oxygen atoms in total. The van der Waals surface area contributed by atoms with Crippen molar-refractivity contribution in [3.05, 3.63) is 0 Å². The van der Waals surface area contributed by atoms with Gasteiger partial charge in [-0.05, 0) is 45.3 Å². The van der Waals surface area contributed by atoms with E-state index in [0.29, 0.717) is 0 Å². The molecule has 110 valence electrons. The summed E-state index contributed by atoms with van der Waals surface area (Å²) in [5, 5.41) is 0.